The number of allylic oxidation sites excluding steroid dienone is 1. The maximum Gasteiger partial charge on any atom is 0.416 e. The average molecular weight is 500 g/mol. The molecule has 182 valence electrons. The number of aryl methyl sites for hydroxylation is 1. The van der Waals surface area contributed by atoms with Gasteiger partial charge in [0.1, 0.15) is 5.01 Å². The van der Waals surface area contributed by atoms with Gasteiger partial charge in [0.2, 0.25) is 0 Å². The summed E-state index contributed by atoms with van der Waals surface area (Å²) >= 11 is 1.33. The monoisotopic (exact) mass is 499 g/mol. The van der Waals surface area contributed by atoms with Gasteiger partial charge in [-0.05, 0) is 60.2 Å². The van der Waals surface area contributed by atoms with Crippen molar-refractivity contribution in [2.75, 3.05) is 7.11 Å². The predicted octanol–water partition coefficient (Wildman–Crippen LogP) is 7.05. The van der Waals surface area contributed by atoms with Gasteiger partial charge in [-0.3, -0.25) is 9.59 Å². The fraction of sp³-hybridized carbons (Fsp3) is 0.296. The van der Waals surface area contributed by atoms with Gasteiger partial charge >= 0.3 is 12.1 Å². The van der Waals surface area contributed by atoms with E-state index in [1.54, 1.807) is 18.2 Å². The van der Waals surface area contributed by atoms with E-state index in [0.29, 0.717) is 22.6 Å². The third kappa shape index (κ3) is 5.22. The Kier molecular flexibility index (Phi) is 6.94. The molecule has 4 rings (SSSR count). The zero-order valence-corrected chi connectivity index (χ0v) is 20.3. The van der Waals surface area contributed by atoms with Crippen molar-refractivity contribution in [2.45, 2.75) is 44.7 Å². The molecule has 0 fully saturated rings. The highest BCUT2D eigenvalue weighted by Crippen LogP contribution is 2.36. The van der Waals surface area contributed by atoms with Gasteiger partial charge in [-0.2, -0.15) is 13.2 Å². The molecular formula is C27H24F3NO3S. The summed E-state index contributed by atoms with van der Waals surface area (Å²) in [5, 5.41) is 0.591. The van der Waals surface area contributed by atoms with Crippen LogP contribution in [0.2, 0.25) is 0 Å². The third-order valence-electron chi connectivity index (χ3n) is 6.07. The Balaban J connectivity index is 1.59. The van der Waals surface area contributed by atoms with Crippen LogP contribution < -0.4 is 0 Å². The number of rotatable bonds is 6. The van der Waals surface area contributed by atoms with Gasteiger partial charge in [-0.25, -0.2) is 4.98 Å². The molecule has 0 spiro atoms. The average Bonchev–Trinajstić information content (AvgIpc) is 3.46. The standard InChI is InChI=1S/C27H24F3NO3S/c1-15(2)24-23(35-25(31-24)17-6-9-19(10-7-17)27(28,29)30)13-12-22(32)18-5-4-16-8-11-20(21(16)14-18)26(33)34-3/h4-7,9-10,12-15,20H,8,11H2,1-3H3. The van der Waals surface area contributed by atoms with Crippen molar-refractivity contribution in [2.24, 2.45) is 0 Å². The first-order chi connectivity index (χ1) is 16.6. The fourth-order valence-electron chi connectivity index (χ4n) is 4.19. The Morgan fingerprint density at radius 3 is 2.49 bits per heavy atom. The molecule has 1 atom stereocenters. The van der Waals surface area contributed by atoms with E-state index in [1.807, 2.05) is 19.9 Å². The molecule has 0 saturated carbocycles. The van der Waals surface area contributed by atoms with E-state index in [-0.39, 0.29) is 23.6 Å². The minimum atomic E-state index is -4.40. The smallest absolute Gasteiger partial charge is 0.416 e. The second-order valence-electron chi connectivity index (χ2n) is 8.72. The molecule has 0 radical (unpaired) electrons. The lowest BCUT2D eigenvalue weighted by Gasteiger charge is -2.09. The van der Waals surface area contributed by atoms with Gasteiger partial charge in [0.05, 0.1) is 29.2 Å². The van der Waals surface area contributed by atoms with Crippen LogP contribution in [0.4, 0.5) is 13.2 Å². The summed E-state index contributed by atoms with van der Waals surface area (Å²) in [7, 11) is 1.36. The molecule has 35 heavy (non-hydrogen) atoms. The molecular weight excluding hydrogens is 475 g/mol. The number of halogens is 3. The molecule has 1 unspecified atom stereocenters. The lowest BCUT2D eigenvalue weighted by Crippen LogP contribution is -2.11. The van der Waals surface area contributed by atoms with Crippen LogP contribution in [-0.2, 0) is 22.1 Å². The molecule has 0 bridgehead atoms. The predicted molar refractivity (Wildman–Crippen MR) is 130 cm³/mol. The normalized spacial score (nSPS) is 15.6. The zero-order chi connectivity index (χ0) is 25.3. The maximum absolute atomic E-state index is 12.9. The molecule has 1 heterocycles. The number of carbonyl (C=O) groups is 2. The lowest BCUT2D eigenvalue weighted by atomic mass is 9.97. The Morgan fingerprint density at radius 2 is 1.86 bits per heavy atom. The highest BCUT2D eigenvalue weighted by molar-refractivity contribution is 7.16. The van der Waals surface area contributed by atoms with E-state index in [9.17, 15) is 22.8 Å². The summed E-state index contributed by atoms with van der Waals surface area (Å²) in [6, 6.07) is 10.3. The topological polar surface area (TPSA) is 56.3 Å². The summed E-state index contributed by atoms with van der Waals surface area (Å²) in [5.41, 5.74) is 3.01. The summed E-state index contributed by atoms with van der Waals surface area (Å²) in [6.45, 7) is 3.94. The second-order valence-corrected chi connectivity index (χ2v) is 9.75. The van der Waals surface area contributed by atoms with E-state index >= 15 is 0 Å². The van der Waals surface area contributed by atoms with Crippen LogP contribution in [0.1, 0.15) is 69.7 Å². The van der Waals surface area contributed by atoms with Gasteiger partial charge in [0.25, 0.3) is 0 Å². The van der Waals surface area contributed by atoms with Crippen LogP contribution in [0.3, 0.4) is 0 Å². The number of benzene rings is 2. The van der Waals surface area contributed by atoms with Crippen molar-refractivity contribution >= 4 is 29.2 Å². The number of ketones is 1. The largest absolute Gasteiger partial charge is 0.469 e. The molecule has 3 aromatic rings. The molecule has 8 heteroatoms. The zero-order valence-electron chi connectivity index (χ0n) is 19.5. The van der Waals surface area contributed by atoms with Crippen molar-refractivity contribution in [3.05, 3.63) is 81.4 Å². The van der Waals surface area contributed by atoms with Gasteiger partial charge in [-0.15, -0.1) is 11.3 Å². The summed E-state index contributed by atoms with van der Waals surface area (Å²) < 4.78 is 43.6. The van der Waals surface area contributed by atoms with Gasteiger partial charge < -0.3 is 4.74 Å². The van der Waals surface area contributed by atoms with Crippen LogP contribution >= 0.6 is 11.3 Å². The summed E-state index contributed by atoms with van der Waals surface area (Å²) in [6.07, 6.45) is 0.215. The molecule has 0 aliphatic heterocycles. The van der Waals surface area contributed by atoms with Crippen LogP contribution in [0, 0.1) is 0 Å². The molecule has 0 saturated heterocycles. The number of ether oxygens (including phenoxy) is 1. The van der Waals surface area contributed by atoms with Crippen LogP contribution in [0.15, 0.2) is 48.5 Å². The highest BCUT2D eigenvalue weighted by atomic mass is 32.1. The van der Waals surface area contributed by atoms with Gasteiger partial charge in [0.15, 0.2) is 5.78 Å². The number of esters is 1. The van der Waals surface area contributed by atoms with Crippen molar-refractivity contribution in [1.29, 1.82) is 0 Å². The first-order valence-electron chi connectivity index (χ1n) is 11.2. The van der Waals surface area contributed by atoms with E-state index in [0.717, 1.165) is 40.3 Å². The molecule has 1 aliphatic carbocycles. The number of nitrogens with zero attached hydrogens (tertiary/aromatic N) is 1. The number of alkyl halides is 3. The molecule has 2 aromatic carbocycles. The number of fused-ring (bicyclic) bond motifs is 1. The lowest BCUT2D eigenvalue weighted by molar-refractivity contribution is -0.142. The number of carbonyl (C=O) groups excluding carboxylic acids is 2. The van der Waals surface area contributed by atoms with E-state index in [4.69, 9.17) is 4.74 Å². The first-order valence-corrected chi connectivity index (χ1v) is 12.0. The molecule has 1 aromatic heterocycles. The number of hydrogen-bond donors (Lipinski definition) is 0. The van der Waals surface area contributed by atoms with E-state index in [1.165, 1.54) is 36.7 Å². The Hall–Kier alpha value is -3.26. The molecule has 0 N–H and O–H groups in total. The SMILES string of the molecule is COC(=O)C1CCc2ccc(C(=O)C=Cc3sc(-c4ccc(C(F)(F)F)cc4)nc3C(C)C)cc21. The number of thiazole rings is 1. The molecule has 0 amide bonds. The van der Waals surface area contributed by atoms with Crippen LogP contribution in [-0.4, -0.2) is 23.8 Å². The van der Waals surface area contributed by atoms with E-state index in [2.05, 4.69) is 4.98 Å². The quantitative estimate of drug-likeness (QED) is 0.207. The minimum Gasteiger partial charge on any atom is -0.469 e. The van der Waals surface area contributed by atoms with Gasteiger partial charge in [0, 0.05) is 11.1 Å². The second kappa shape index (κ2) is 9.77. The van der Waals surface area contributed by atoms with Crippen LogP contribution in [0.5, 0.6) is 0 Å². The number of methoxy groups -OCH3 is 1. The minimum absolute atomic E-state index is 0.0602. The third-order valence-corrected chi connectivity index (χ3v) is 7.15. The Labute approximate surface area is 205 Å². The van der Waals surface area contributed by atoms with Crippen molar-refractivity contribution in [3.63, 3.8) is 0 Å². The maximum atomic E-state index is 12.9. The number of aromatic nitrogens is 1. The molecule has 4 nitrogen and oxygen atoms in total. The van der Waals surface area contributed by atoms with Crippen molar-refractivity contribution in [3.8, 4) is 10.6 Å². The van der Waals surface area contributed by atoms with Gasteiger partial charge in [-0.1, -0.05) is 38.1 Å². The van der Waals surface area contributed by atoms with Crippen molar-refractivity contribution < 1.29 is 27.5 Å². The Morgan fingerprint density at radius 1 is 1.14 bits per heavy atom. The first kappa shape index (κ1) is 24.9. The van der Waals surface area contributed by atoms with Crippen LogP contribution in [0.25, 0.3) is 16.6 Å². The number of hydrogen-bond acceptors (Lipinski definition) is 5. The van der Waals surface area contributed by atoms with Crippen molar-refractivity contribution in [1.82, 2.24) is 4.98 Å². The highest BCUT2D eigenvalue weighted by Gasteiger charge is 2.31. The summed E-state index contributed by atoms with van der Waals surface area (Å²) in [4.78, 5) is 30.4. The van der Waals surface area contributed by atoms with E-state index < -0.39 is 11.7 Å². The molecule has 1 aliphatic rings. The fourth-order valence-corrected chi connectivity index (χ4v) is 5.32. The Bertz CT molecular complexity index is 1290. The summed E-state index contributed by atoms with van der Waals surface area (Å²) in [5.74, 6) is -0.800.